The number of amides is 1. The summed E-state index contributed by atoms with van der Waals surface area (Å²) in [5.74, 6) is -0.260. The van der Waals surface area contributed by atoms with Crippen molar-refractivity contribution < 1.29 is 34.7 Å². The third kappa shape index (κ3) is 4.86. The van der Waals surface area contributed by atoms with Crippen LogP contribution in [-0.2, 0) is 14.3 Å². The Hall–Kier alpha value is -3.51. The molecule has 1 amide bonds. The van der Waals surface area contributed by atoms with Gasteiger partial charge in [-0.15, -0.1) is 0 Å². The standard InChI is InChI=1S/C23H33N13O7S/c24-1-7-11(37)13(39)22(42-7)35-6-30-10-17(27)34(4-31-18(10)35)5-32-21(41)15(44)20-33-9-16(26)28-3-29-19(9)36(20)23-14(40)12(38)8(2-25)43-23/h3-4,6-8,11-15,17,22-23,37-40,44H,1-2,5,24-25,27H2,(H,32,41)(H2,26,28,29)/t7-,8-,11?,12?,13?,14?,15?,17?,22-,23-/m1/s1. The Morgan fingerprint density at radius 3 is 2.34 bits per heavy atom. The molecule has 3 aromatic heterocycles. The number of hydrogen-bond acceptors (Lipinski definition) is 18. The molecule has 3 aromatic rings. The largest absolute Gasteiger partial charge is 0.387 e. The van der Waals surface area contributed by atoms with E-state index in [0.717, 1.165) is 0 Å². The fourth-order valence-electron chi connectivity index (χ4n) is 5.45. The van der Waals surface area contributed by atoms with E-state index < -0.39 is 66.4 Å². The minimum atomic E-state index is -1.42. The average molecular weight is 636 g/mol. The van der Waals surface area contributed by atoms with Crippen molar-refractivity contribution in [1.82, 2.24) is 39.3 Å². The van der Waals surface area contributed by atoms with Crippen molar-refractivity contribution in [2.45, 2.75) is 60.5 Å². The molecule has 21 heteroatoms. The van der Waals surface area contributed by atoms with Crippen molar-refractivity contribution in [3.05, 3.63) is 24.2 Å². The molecule has 238 valence electrons. The van der Waals surface area contributed by atoms with Crippen LogP contribution >= 0.6 is 12.6 Å². The minimum Gasteiger partial charge on any atom is -0.387 e. The van der Waals surface area contributed by atoms with Crippen LogP contribution in [-0.4, -0.2) is 123 Å². The summed E-state index contributed by atoms with van der Waals surface area (Å²) in [6.45, 7) is -0.182. The summed E-state index contributed by atoms with van der Waals surface area (Å²) in [4.78, 5) is 36.1. The monoisotopic (exact) mass is 635 g/mol. The molecular formula is C23H33N13O7S. The number of nitrogens with one attached hydrogen (secondary N) is 1. The Labute approximate surface area is 254 Å². The van der Waals surface area contributed by atoms with Gasteiger partial charge in [0.05, 0.1) is 19.3 Å². The number of aliphatic hydroxyl groups excluding tert-OH is 4. The van der Waals surface area contributed by atoms with Crippen molar-refractivity contribution in [1.29, 1.82) is 0 Å². The van der Waals surface area contributed by atoms with Crippen LogP contribution in [0.15, 0.2) is 17.6 Å². The summed E-state index contributed by atoms with van der Waals surface area (Å²) in [7, 11) is 0. The van der Waals surface area contributed by atoms with Gasteiger partial charge < -0.3 is 63.1 Å². The number of carbonyl (C=O) groups excluding carboxylic acids is 1. The number of anilines is 1. The molecule has 0 radical (unpaired) electrons. The molecule has 2 saturated heterocycles. The van der Waals surface area contributed by atoms with E-state index in [1.165, 1.54) is 33.0 Å². The van der Waals surface area contributed by atoms with E-state index in [1.54, 1.807) is 0 Å². The minimum absolute atomic E-state index is 0.00942. The Morgan fingerprint density at radius 1 is 1.02 bits per heavy atom. The normalized spacial score (nSPS) is 32.4. The molecule has 6 rings (SSSR count). The summed E-state index contributed by atoms with van der Waals surface area (Å²) in [6, 6.07) is 0. The Balaban J connectivity index is 1.19. The summed E-state index contributed by atoms with van der Waals surface area (Å²) in [5.41, 5.74) is 24.4. The second-order valence-corrected chi connectivity index (χ2v) is 11.0. The second-order valence-electron chi connectivity index (χ2n) is 10.5. The number of hydrogen-bond donors (Lipinski definition) is 10. The number of nitrogens with two attached hydrogens (primary N) is 4. The number of ether oxygens (including phenoxy) is 2. The van der Waals surface area contributed by atoms with Gasteiger partial charge in [-0.3, -0.25) is 13.9 Å². The lowest BCUT2D eigenvalue weighted by molar-refractivity contribution is -0.121. The fourth-order valence-corrected chi connectivity index (χ4v) is 5.73. The van der Waals surface area contributed by atoms with Gasteiger partial charge >= 0.3 is 0 Å². The maximum atomic E-state index is 13.3. The van der Waals surface area contributed by atoms with E-state index in [-0.39, 0.29) is 42.6 Å². The van der Waals surface area contributed by atoms with Crippen molar-refractivity contribution in [2.24, 2.45) is 22.2 Å². The number of thiol groups is 1. The number of nitrogen functional groups attached to an aromatic ring is 1. The summed E-state index contributed by atoms with van der Waals surface area (Å²) in [5, 5.41) is 43.3. The lowest BCUT2D eigenvalue weighted by atomic mass is 10.1. The predicted molar refractivity (Wildman–Crippen MR) is 154 cm³/mol. The maximum Gasteiger partial charge on any atom is 0.241 e. The molecule has 44 heavy (non-hydrogen) atoms. The van der Waals surface area contributed by atoms with Crippen molar-refractivity contribution in [3.63, 3.8) is 0 Å². The van der Waals surface area contributed by atoms with Gasteiger partial charge in [0.2, 0.25) is 5.91 Å². The van der Waals surface area contributed by atoms with Crippen LogP contribution in [0.5, 0.6) is 0 Å². The van der Waals surface area contributed by atoms with E-state index >= 15 is 0 Å². The van der Waals surface area contributed by atoms with Gasteiger partial charge in [-0.1, -0.05) is 0 Å². The predicted octanol–water partition coefficient (Wildman–Crippen LogP) is -4.56. The van der Waals surface area contributed by atoms with Gasteiger partial charge in [-0.05, 0) is 0 Å². The maximum absolute atomic E-state index is 13.3. The Bertz CT molecular complexity index is 1570. The van der Waals surface area contributed by atoms with Gasteiger partial charge in [-0.2, -0.15) is 12.6 Å². The van der Waals surface area contributed by atoms with E-state index in [1.807, 2.05) is 0 Å². The van der Waals surface area contributed by atoms with Crippen LogP contribution in [0, 0.1) is 0 Å². The van der Waals surface area contributed by atoms with Crippen LogP contribution in [0.1, 0.15) is 35.4 Å². The highest BCUT2D eigenvalue weighted by atomic mass is 32.1. The van der Waals surface area contributed by atoms with Crippen LogP contribution in [0.4, 0.5) is 11.6 Å². The lowest BCUT2D eigenvalue weighted by Gasteiger charge is -2.30. The number of fused-ring (bicyclic) bond motifs is 2. The summed E-state index contributed by atoms with van der Waals surface area (Å²) < 4.78 is 14.3. The number of aliphatic imine (C=N–C) groups is 1. The number of imidazole rings is 2. The molecule has 6 heterocycles. The first-order chi connectivity index (χ1) is 21.1. The summed E-state index contributed by atoms with van der Waals surface area (Å²) >= 11 is 4.49. The molecule has 0 aromatic carbocycles. The number of rotatable bonds is 8. The molecule has 13 N–H and O–H groups in total. The first kappa shape index (κ1) is 30.5. The molecule has 2 fully saturated rings. The van der Waals surface area contributed by atoms with E-state index in [0.29, 0.717) is 11.5 Å². The first-order valence-electron chi connectivity index (χ1n) is 13.6. The number of aromatic nitrogens is 6. The fraction of sp³-hybridized carbons (Fsp3) is 0.565. The van der Waals surface area contributed by atoms with Crippen LogP contribution in [0.2, 0.25) is 0 Å². The van der Waals surface area contributed by atoms with Gasteiger partial charge in [0.1, 0.15) is 65.9 Å². The Morgan fingerprint density at radius 2 is 1.68 bits per heavy atom. The molecule has 3 aliphatic rings. The molecule has 0 aliphatic carbocycles. The zero-order chi connectivity index (χ0) is 31.4. The quantitative estimate of drug-likeness (QED) is 0.104. The topological polar surface area (TPSA) is 310 Å². The van der Waals surface area contributed by atoms with E-state index in [4.69, 9.17) is 32.4 Å². The highest BCUT2D eigenvalue weighted by Gasteiger charge is 2.46. The van der Waals surface area contributed by atoms with Gasteiger partial charge in [-0.25, -0.2) is 24.9 Å². The summed E-state index contributed by atoms with van der Waals surface area (Å²) in [6.07, 6.45) is -5.87. The smallest absolute Gasteiger partial charge is 0.241 e. The van der Waals surface area contributed by atoms with Gasteiger partial charge in [0.15, 0.2) is 35.3 Å². The SMILES string of the molecule is NC[C@H]1O[C@@H](n2cnc3c2N=CN(CNC(=O)C(S)c2nc4c(N)ncnc4n2[C@@H]2O[C@H](CN)C(O)C2O)C3N)C(O)C1O. The number of nitrogens with zero attached hydrogens (tertiary/aromatic N) is 8. The average Bonchev–Trinajstić information content (AvgIpc) is 3.76. The van der Waals surface area contributed by atoms with Crippen molar-refractivity contribution in [3.8, 4) is 0 Å². The molecule has 6 unspecified atom stereocenters. The van der Waals surface area contributed by atoms with Crippen molar-refractivity contribution in [2.75, 3.05) is 25.5 Å². The van der Waals surface area contributed by atoms with Gasteiger partial charge in [0.25, 0.3) is 0 Å². The Kier molecular flexibility index (Phi) is 8.17. The molecule has 0 spiro atoms. The van der Waals surface area contributed by atoms with E-state index in [9.17, 15) is 25.2 Å². The van der Waals surface area contributed by atoms with Crippen LogP contribution < -0.4 is 28.3 Å². The van der Waals surface area contributed by atoms with E-state index in [2.05, 4.69) is 42.9 Å². The lowest BCUT2D eigenvalue weighted by Crippen LogP contribution is -2.44. The van der Waals surface area contributed by atoms with Gasteiger partial charge in [0, 0.05) is 13.1 Å². The molecule has 10 atom stereocenters. The number of carbonyl (C=O) groups is 1. The first-order valence-corrected chi connectivity index (χ1v) is 14.1. The highest BCUT2D eigenvalue weighted by molar-refractivity contribution is 7.81. The highest BCUT2D eigenvalue weighted by Crippen LogP contribution is 2.38. The molecule has 3 aliphatic heterocycles. The van der Waals surface area contributed by atoms with Crippen LogP contribution in [0.3, 0.4) is 0 Å². The molecule has 20 nitrogen and oxygen atoms in total. The van der Waals surface area contributed by atoms with Crippen molar-refractivity contribution >= 4 is 47.7 Å². The molecule has 0 bridgehead atoms. The third-order valence-electron chi connectivity index (χ3n) is 7.89. The molecule has 0 saturated carbocycles. The molecular weight excluding hydrogens is 602 g/mol. The zero-order valence-electron chi connectivity index (χ0n) is 23.0. The number of aliphatic hydroxyl groups is 4. The second kappa shape index (κ2) is 11.8. The third-order valence-corrected chi connectivity index (χ3v) is 8.36. The van der Waals surface area contributed by atoms with Crippen LogP contribution in [0.25, 0.3) is 11.2 Å². The zero-order valence-corrected chi connectivity index (χ0v) is 23.9.